The normalized spacial score (nSPS) is 11.2. The van der Waals surface area contributed by atoms with Gasteiger partial charge < -0.3 is 10.6 Å². The molecule has 1 amide bonds. The number of nitrogens with zero attached hydrogens (tertiary/aromatic N) is 2. The van der Waals surface area contributed by atoms with Crippen LogP contribution in [0.2, 0.25) is 5.02 Å². The van der Waals surface area contributed by atoms with Crippen molar-refractivity contribution in [1.82, 2.24) is 4.90 Å². The second-order valence-corrected chi connectivity index (χ2v) is 5.83. The van der Waals surface area contributed by atoms with Crippen molar-refractivity contribution in [2.75, 3.05) is 20.1 Å². The minimum absolute atomic E-state index is 0.0709. The molecule has 0 atom stereocenters. The summed E-state index contributed by atoms with van der Waals surface area (Å²) in [5.74, 6) is -0.483. The van der Waals surface area contributed by atoms with E-state index >= 15 is 0 Å². The SMILES string of the molecule is CN(CC(C)(C)CN)C(=O)c1c(Cl)cccc1[N+](=O)[O-]. The van der Waals surface area contributed by atoms with Crippen molar-refractivity contribution < 1.29 is 9.72 Å². The second-order valence-electron chi connectivity index (χ2n) is 5.42. The Morgan fingerprint density at radius 3 is 2.60 bits per heavy atom. The zero-order valence-electron chi connectivity index (χ0n) is 11.7. The van der Waals surface area contributed by atoms with Crippen LogP contribution in [0, 0.1) is 15.5 Å². The van der Waals surface area contributed by atoms with Crippen LogP contribution in [-0.4, -0.2) is 35.9 Å². The first-order valence-corrected chi connectivity index (χ1v) is 6.46. The van der Waals surface area contributed by atoms with E-state index in [9.17, 15) is 14.9 Å². The predicted octanol–water partition coefficient (Wildman–Crippen LogP) is 2.31. The van der Waals surface area contributed by atoms with Gasteiger partial charge in [0.25, 0.3) is 11.6 Å². The number of carbonyl (C=O) groups excluding carboxylic acids is 1. The number of carbonyl (C=O) groups is 1. The molecule has 0 aliphatic heterocycles. The van der Waals surface area contributed by atoms with E-state index in [0.29, 0.717) is 13.1 Å². The molecule has 0 unspecified atom stereocenters. The summed E-state index contributed by atoms with van der Waals surface area (Å²) in [6.07, 6.45) is 0. The lowest BCUT2D eigenvalue weighted by Gasteiger charge is -2.29. The molecule has 1 aromatic carbocycles. The number of hydrogen-bond acceptors (Lipinski definition) is 4. The van der Waals surface area contributed by atoms with Gasteiger partial charge in [0.05, 0.1) is 9.95 Å². The molecule has 20 heavy (non-hydrogen) atoms. The van der Waals surface area contributed by atoms with Gasteiger partial charge in [0.15, 0.2) is 0 Å². The van der Waals surface area contributed by atoms with Crippen molar-refractivity contribution in [3.05, 3.63) is 38.9 Å². The van der Waals surface area contributed by atoms with Crippen LogP contribution < -0.4 is 5.73 Å². The second kappa shape index (κ2) is 6.19. The van der Waals surface area contributed by atoms with E-state index in [1.807, 2.05) is 13.8 Å². The molecular weight excluding hydrogens is 282 g/mol. The zero-order valence-corrected chi connectivity index (χ0v) is 12.5. The third kappa shape index (κ3) is 3.68. The standard InChI is InChI=1S/C13H18ClN3O3/c1-13(2,7-15)8-16(3)12(18)11-9(14)5-4-6-10(11)17(19)20/h4-6H,7-8,15H2,1-3H3. The monoisotopic (exact) mass is 299 g/mol. The molecule has 0 aromatic heterocycles. The van der Waals surface area contributed by atoms with E-state index in [-0.39, 0.29) is 21.7 Å². The molecule has 6 nitrogen and oxygen atoms in total. The lowest BCUT2D eigenvalue weighted by molar-refractivity contribution is -0.385. The van der Waals surface area contributed by atoms with Gasteiger partial charge in [0, 0.05) is 19.7 Å². The van der Waals surface area contributed by atoms with Crippen LogP contribution in [0.25, 0.3) is 0 Å². The van der Waals surface area contributed by atoms with E-state index in [0.717, 1.165) is 0 Å². The minimum Gasteiger partial charge on any atom is -0.341 e. The molecular formula is C13H18ClN3O3. The molecule has 0 radical (unpaired) electrons. The van der Waals surface area contributed by atoms with Crippen LogP contribution in [0.5, 0.6) is 0 Å². The average Bonchev–Trinajstić information content (AvgIpc) is 2.37. The molecule has 0 saturated carbocycles. The Bertz CT molecular complexity index is 532. The van der Waals surface area contributed by atoms with Gasteiger partial charge in [-0.2, -0.15) is 0 Å². The van der Waals surface area contributed by atoms with Gasteiger partial charge >= 0.3 is 0 Å². The molecule has 0 heterocycles. The molecule has 1 aromatic rings. The number of nitro benzene ring substituents is 1. The first-order chi connectivity index (χ1) is 9.19. The van der Waals surface area contributed by atoms with Crippen molar-refractivity contribution in [2.24, 2.45) is 11.1 Å². The Hall–Kier alpha value is -1.66. The maximum atomic E-state index is 12.4. The van der Waals surface area contributed by atoms with Gasteiger partial charge in [-0.15, -0.1) is 0 Å². The van der Waals surface area contributed by atoms with E-state index in [1.54, 1.807) is 7.05 Å². The third-order valence-electron chi connectivity index (χ3n) is 2.97. The number of halogens is 1. The van der Waals surface area contributed by atoms with E-state index in [2.05, 4.69) is 0 Å². The smallest absolute Gasteiger partial charge is 0.283 e. The van der Waals surface area contributed by atoms with Crippen LogP contribution in [0.3, 0.4) is 0 Å². The number of nitrogens with two attached hydrogens (primary N) is 1. The van der Waals surface area contributed by atoms with Crippen molar-refractivity contribution >= 4 is 23.2 Å². The van der Waals surface area contributed by atoms with Crippen molar-refractivity contribution in [1.29, 1.82) is 0 Å². The summed E-state index contributed by atoms with van der Waals surface area (Å²) in [6, 6.07) is 4.17. The maximum Gasteiger partial charge on any atom is 0.283 e. The largest absolute Gasteiger partial charge is 0.341 e. The number of benzene rings is 1. The van der Waals surface area contributed by atoms with Gasteiger partial charge in [-0.05, 0) is 18.0 Å². The van der Waals surface area contributed by atoms with Crippen molar-refractivity contribution in [3.63, 3.8) is 0 Å². The fourth-order valence-electron chi connectivity index (χ4n) is 1.85. The summed E-state index contributed by atoms with van der Waals surface area (Å²) < 4.78 is 0. The molecule has 1 rings (SSSR count). The topological polar surface area (TPSA) is 89.5 Å². The average molecular weight is 300 g/mol. The Balaban J connectivity index is 3.12. The number of hydrogen-bond donors (Lipinski definition) is 1. The summed E-state index contributed by atoms with van der Waals surface area (Å²) in [7, 11) is 1.58. The highest BCUT2D eigenvalue weighted by Crippen LogP contribution is 2.28. The quantitative estimate of drug-likeness (QED) is 0.667. The molecule has 110 valence electrons. The molecule has 0 fully saturated rings. The summed E-state index contributed by atoms with van der Waals surface area (Å²) in [5.41, 5.74) is 4.97. The number of nitro groups is 1. The van der Waals surface area contributed by atoms with Gasteiger partial charge in [0.1, 0.15) is 5.56 Å². The highest BCUT2D eigenvalue weighted by molar-refractivity contribution is 6.34. The van der Waals surface area contributed by atoms with Gasteiger partial charge in [-0.25, -0.2) is 0 Å². The highest BCUT2D eigenvalue weighted by Gasteiger charge is 2.28. The molecule has 2 N–H and O–H groups in total. The van der Waals surface area contributed by atoms with Crippen LogP contribution >= 0.6 is 11.6 Å². The number of rotatable bonds is 5. The maximum absolute atomic E-state index is 12.4. The van der Waals surface area contributed by atoms with Crippen LogP contribution in [0.15, 0.2) is 18.2 Å². The molecule has 0 bridgehead atoms. The Kier molecular flexibility index (Phi) is 5.08. The van der Waals surface area contributed by atoms with Gasteiger partial charge in [-0.3, -0.25) is 14.9 Å². The highest BCUT2D eigenvalue weighted by atomic mass is 35.5. The summed E-state index contributed by atoms with van der Waals surface area (Å²) in [6.45, 7) is 4.61. The van der Waals surface area contributed by atoms with Crippen LogP contribution in [-0.2, 0) is 0 Å². The lowest BCUT2D eigenvalue weighted by atomic mass is 9.93. The van der Waals surface area contributed by atoms with E-state index in [1.165, 1.54) is 23.1 Å². The van der Waals surface area contributed by atoms with Gasteiger partial charge in [-0.1, -0.05) is 31.5 Å². The number of amides is 1. The van der Waals surface area contributed by atoms with Crippen molar-refractivity contribution in [2.45, 2.75) is 13.8 Å². The fraction of sp³-hybridized carbons (Fsp3) is 0.462. The van der Waals surface area contributed by atoms with Crippen LogP contribution in [0.1, 0.15) is 24.2 Å². The predicted molar refractivity (Wildman–Crippen MR) is 77.9 cm³/mol. The molecule has 7 heteroatoms. The summed E-state index contributed by atoms with van der Waals surface area (Å²) in [5, 5.41) is 11.1. The lowest BCUT2D eigenvalue weighted by Crippen LogP contribution is -2.40. The Labute approximate surface area is 122 Å². The molecule has 0 aliphatic rings. The third-order valence-corrected chi connectivity index (χ3v) is 3.28. The van der Waals surface area contributed by atoms with Crippen LogP contribution in [0.4, 0.5) is 5.69 Å². The molecule has 0 spiro atoms. The molecule has 0 saturated heterocycles. The first-order valence-electron chi connectivity index (χ1n) is 6.08. The molecule has 0 aliphatic carbocycles. The minimum atomic E-state index is -0.610. The van der Waals surface area contributed by atoms with Crippen molar-refractivity contribution in [3.8, 4) is 0 Å². The van der Waals surface area contributed by atoms with Gasteiger partial charge in [0.2, 0.25) is 0 Å². The Morgan fingerprint density at radius 1 is 1.50 bits per heavy atom. The van der Waals surface area contributed by atoms with E-state index < -0.39 is 10.8 Å². The summed E-state index contributed by atoms with van der Waals surface area (Å²) in [4.78, 5) is 24.2. The fourth-order valence-corrected chi connectivity index (χ4v) is 2.10. The summed E-state index contributed by atoms with van der Waals surface area (Å²) >= 11 is 5.94. The Morgan fingerprint density at radius 2 is 2.10 bits per heavy atom. The zero-order chi connectivity index (χ0) is 15.5. The first kappa shape index (κ1) is 16.4. The van der Waals surface area contributed by atoms with E-state index in [4.69, 9.17) is 17.3 Å².